The van der Waals surface area contributed by atoms with E-state index >= 15 is 0 Å². The first-order chi connectivity index (χ1) is 8.54. The SMILES string of the molecule is Cc1csc(C(=O)O)c1S(=O)(=O)NCCS(C)(=O)=O. The summed E-state index contributed by atoms with van der Waals surface area (Å²) in [6.07, 6.45) is 0.986. The van der Waals surface area contributed by atoms with Gasteiger partial charge in [-0.05, 0) is 17.9 Å². The first-order valence-electron chi connectivity index (χ1n) is 5.03. The fourth-order valence-corrected chi connectivity index (χ4v) is 4.61. The summed E-state index contributed by atoms with van der Waals surface area (Å²) in [5.41, 5.74) is 0.314. The van der Waals surface area contributed by atoms with Gasteiger partial charge < -0.3 is 5.11 Å². The second-order valence-corrected chi connectivity index (χ2v) is 8.75. The van der Waals surface area contributed by atoms with E-state index in [2.05, 4.69) is 4.72 Å². The predicted octanol–water partition coefficient (Wildman–Crippen LogP) is 0.0776. The molecule has 0 aliphatic rings. The number of hydrogen-bond donors (Lipinski definition) is 2. The van der Waals surface area contributed by atoms with Crippen molar-refractivity contribution >= 4 is 37.2 Å². The highest BCUT2D eigenvalue weighted by atomic mass is 32.2. The van der Waals surface area contributed by atoms with Gasteiger partial charge in [-0.2, -0.15) is 0 Å². The summed E-state index contributed by atoms with van der Waals surface area (Å²) >= 11 is 0.813. The number of carboxylic acids is 1. The molecule has 0 saturated carbocycles. The lowest BCUT2D eigenvalue weighted by molar-refractivity contribution is 0.0698. The highest BCUT2D eigenvalue weighted by Gasteiger charge is 2.26. The van der Waals surface area contributed by atoms with Gasteiger partial charge in [0.25, 0.3) is 0 Å². The van der Waals surface area contributed by atoms with E-state index in [1.807, 2.05) is 0 Å². The Morgan fingerprint density at radius 1 is 1.37 bits per heavy atom. The number of aryl methyl sites for hydroxylation is 1. The largest absolute Gasteiger partial charge is 0.477 e. The highest BCUT2D eigenvalue weighted by Crippen LogP contribution is 2.26. The van der Waals surface area contributed by atoms with Crippen LogP contribution >= 0.6 is 11.3 Å². The fraction of sp³-hybridized carbons (Fsp3) is 0.444. The summed E-state index contributed by atoms with van der Waals surface area (Å²) in [5.74, 6) is -1.68. The van der Waals surface area contributed by atoms with E-state index in [4.69, 9.17) is 5.11 Å². The van der Waals surface area contributed by atoms with Gasteiger partial charge in [-0.15, -0.1) is 11.3 Å². The molecule has 0 aliphatic carbocycles. The Kier molecular flexibility index (Phi) is 4.72. The molecule has 0 aliphatic heterocycles. The molecule has 2 N–H and O–H groups in total. The van der Waals surface area contributed by atoms with E-state index in [1.54, 1.807) is 0 Å². The standard InChI is InChI=1S/C9H13NO6S3/c1-6-5-17-7(9(11)12)8(6)19(15,16)10-3-4-18(2,13)14/h5,10H,3-4H2,1-2H3,(H,11,12). The third kappa shape index (κ3) is 4.27. The van der Waals surface area contributed by atoms with Gasteiger partial charge in [0.15, 0.2) is 0 Å². The van der Waals surface area contributed by atoms with E-state index < -0.39 is 25.8 Å². The Labute approximate surface area is 115 Å². The van der Waals surface area contributed by atoms with Crippen molar-refractivity contribution in [3.63, 3.8) is 0 Å². The van der Waals surface area contributed by atoms with Crippen LogP contribution in [0.2, 0.25) is 0 Å². The van der Waals surface area contributed by atoms with Crippen LogP contribution in [-0.4, -0.2) is 46.5 Å². The van der Waals surface area contributed by atoms with Crippen molar-refractivity contribution in [3.8, 4) is 0 Å². The lowest BCUT2D eigenvalue weighted by atomic mass is 10.3. The van der Waals surface area contributed by atoms with Gasteiger partial charge in [0.1, 0.15) is 19.6 Å². The van der Waals surface area contributed by atoms with Crippen molar-refractivity contribution in [3.05, 3.63) is 15.8 Å². The van der Waals surface area contributed by atoms with Crippen LogP contribution in [0.3, 0.4) is 0 Å². The number of sulfonamides is 1. The Morgan fingerprint density at radius 2 is 1.95 bits per heavy atom. The van der Waals surface area contributed by atoms with Crippen LogP contribution in [0.1, 0.15) is 15.2 Å². The van der Waals surface area contributed by atoms with E-state index in [-0.39, 0.29) is 22.1 Å². The van der Waals surface area contributed by atoms with Gasteiger partial charge in [-0.25, -0.2) is 26.4 Å². The third-order valence-electron chi connectivity index (χ3n) is 2.15. The van der Waals surface area contributed by atoms with Crippen LogP contribution in [0.4, 0.5) is 0 Å². The number of carboxylic acid groups (broad SMARTS) is 1. The Morgan fingerprint density at radius 3 is 2.42 bits per heavy atom. The third-order valence-corrected chi connectivity index (χ3v) is 5.95. The quantitative estimate of drug-likeness (QED) is 0.764. The first kappa shape index (κ1) is 16.1. The van der Waals surface area contributed by atoms with Gasteiger partial charge >= 0.3 is 5.97 Å². The number of rotatable bonds is 6. The maximum atomic E-state index is 12.0. The zero-order chi connectivity index (χ0) is 14.8. The van der Waals surface area contributed by atoms with Crippen LogP contribution < -0.4 is 4.72 Å². The summed E-state index contributed by atoms with van der Waals surface area (Å²) in [4.78, 5) is 10.3. The first-order valence-corrected chi connectivity index (χ1v) is 9.45. The van der Waals surface area contributed by atoms with Crippen LogP contribution in [-0.2, 0) is 19.9 Å². The molecule has 1 heterocycles. The maximum Gasteiger partial charge on any atom is 0.347 e. The number of hydrogen-bond acceptors (Lipinski definition) is 6. The van der Waals surface area contributed by atoms with Crippen LogP contribution in [0, 0.1) is 6.92 Å². The monoisotopic (exact) mass is 327 g/mol. The van der Waals surface area contributed by atoms with Crippen molar-refractivity contribution in [2.45, 2.75) is 11.8 Å². The zero-order valence-electron chi connectivity index (χ0n) is 10.2. The molecule has 0 spiro atoms. The van der Waals surface area contributed by atoms with Gasteiger partial charge in [0.05, 0.1) is 5.75 Å². The van der Waals surface area contributed by atoms with Crippen molar-refractivity contribution in [1.29, 1.82) is 0 Å². The number of sulfone groups is 1. The second-order valence-electron chi connectivity index (χ2n) is 3.91. The second kappa shape index (κ2) is 5.57. The number of thiophene rings is 1. The van der Waals surface area contributed by atoms with Crippen molar-refractivity contribution < 1.29 is 26.7 Å². The maximum absolute atomic E-state index is 12.0. The molecule has 0 fully saturated rings. The topological polar surface area (TPSA) is 118 Å². The van der Waals surface area contributed by atoms with E-state index in [0.717, 1.165) is 17.6 Å². The minimum atomic E-state index is -4.03. The molecule has 0 radical (unpaired) electrons. The van der Waals surface area contributed by atoms with Crippen molar-refractivity contribution in [2.75, 3.05) is 18.6 Å². The summed E-state index contributed by atoms with van der Waals surface area (Å²) in [6, 6.07) is 0. The van der Waals surface area contributed by atoms with Crippen LogP contribution in [0.15, 0.2) is 10.3 Å². The van der Waals surface area contributed by atoms with Gasteiger partial charge in [0, 0.05) is 12.8 Å². The Balaban J connectivity index is 3.01. The molecule has 19 heavy (non-hydrogen) atoms. The molecular formula is C9H13NO6S3. The summed E-state index contributed by atoms with van der Waals surface area (Å²) in [7, 11) is -7.32. The summed E-state index contributed by atoms with van der Waals surface area (Å²) in [5, 5.41) is 10.3. The van der Waals surface area contributed by atoms with Gasteiger partial charge in [0.2, 0.25) is 10.0 Å². The minimum absolute atomic E-state index is 0.288. The Hall–Kier alpha value is -0.970. The average Bonchev–Trinajstić information content (AvgIpc) is 2.58. The minimum Gasteiger partial charge on any atom is -0.477 e. The van der Waals surface area contributed by atoms with Crippen molar-refractivity contribution in [1.82, 2.24) is 4.72 Å². The summed E-state index contributed by atoms with van der Waals surface area (Å²) < 4.78 is 47.9. The number of aromatic carboxylic acids is 1. The molecule has 0 bridgehead atoms. The van der Waals surface area contributed by atoms with E-state index in [9.17, 15) is 21.6 Å². The molecule has 1 aromatic rings. The molecule has 1 rings (SSSR count). The van der Waals surface area contributed by atoms with Crippen LogP contribution in [0.5, 0.6) is 0 Å². The van der Waals surface area contributed by atoms with Crippen molar-refractivity contribution in [2.24, 2.45) is 0 Å². The molecule has 7 nitrogen and oxygen atoms in total. The normalized spacial score (nSPS) is 12.5. The van der Waals surface area contributed by atoms with Gasteiger partial charge in [-0.1, -0.05) is 0 Å². The fourth-order valence-electron chi connectivity index (χ4n) is 1.35. The Bertz CT molecular complexity index is 686. The lowest BCUT2D eigenvalue weighted by Gasteiger charge is -2.07. The molecule has 0 unspecified atom stereocenters. The zero-order valence-corrected chi connectivity index (χ0v) is 12.7. The molecule has 1 aromatic heterocycles. The molecule has 0 saturated heterocycles. The number of carbonyl (C=O) groups is 1. The predicted molar refractivity (Wildman–Crippen MR) is 70.9 cm³/mol. The molecular weight excluding hydrogens is 314 g/mol. The molecule has 0 atom stereocenters. The lowest BCUT2D eigenvalue weighted by Crippen LogP contribution is -2.30. The average molecular weight is 327 g/mol. The molecule has 10 heteroatoms. The van der Waals surface area contributed by atoms with Gasteiger partial charge in [-0.3, -0.25) is 0 Å². The molecule has 0 aromatic carbocycles. The van der Waals surface area contributed by atoms with E-state index in [1.165, 1.54) is 12.3 Å². The van der Waals surface area contributed by atoms with Crippen LogP contribution in [0.25, 0.3) is 0 Å². The molecule has 0 amide bonds. The smallest absolute Gasteiger partial charge is 0.347 e. The summed E-state index contributed by atoms with van der Waals surface area (Å²) in [6.45, 7) is 1.18. The highest BCUT2D eigenvalue weighted by molar-refractivity contribution is 7.91. The number of nitrogens with one attached hydrogen (secondary N) is 1. The molecule has 108 valence electrons. The van der Waals surface area contributed by atoms with E-state index in [0.29, 0.717) is 5.56 Å².